The zero-order valence-corrected chi connectivity index (χ0v) is 17.3. The van der Waals surface area contributed by atoms with Crippen LogP contribution in [0, 0.1) is 0 Å². The van der Waals surface area contributed by atoms with E-state index in [9.17, 15) is 4.79 Å². The van der Waals surface area contributed by atoms with Crippen LogP contribution in [0.15, 0.2) is 69.1 Å². The monoisotopic (exact) mass is 423 g/mol. The van der Waals surface area contributed by atoms with Crippen molar-refractivity contribution >= 4 is 17.2 Å². The topological polar surface area (TPSA) is 81.6 Å². The quantitative estimate of drug-likeness (QED) is 0.392. The maximum absolute atomic E-state index is 12.9. The summed E-state index contributed by atoms with van der Waals surface area (Å²) in [6, 6.07) is 15.1. The highest BCUT2D eigenvalue weighted by atomic mass is 32.1. The number of benzene rings is 1. The van der Waals surface area contributed by atoms with Gasteiger partial charge in [-0.25, -0.2) is 0 Å². The molecule has 30 heavy (non-hydrogen) atoms. The molecule has 0 aliphatic carbocycles. The summed E-state index contributed by atoms with van der Waals surface area (Å²) < 4.78 is 15.9. The highest BCUT2D eigenvalue weighted by molar-refractivity contribution is 7.09. The molecular weight excluding hydrogens is 402 g/mol. The SMILES string of the molecule is COc1ccc(-c2noc(CCC(=O)N(Cc3ccco3)Cc3cccs3)n2)cc1. The molecule has 0 saturated heterocycles. The van der Waals surface area contributed by atoms with Gasteiger partial charge in [-0.3, -0.25) is 4.79 Å². The number of furan rings is 1. The summed E-state index contributed by atoms with van der Waals surface area (Å²) in [5, 5.41) is 6.03. The molecule has 8 heteroatoms. The van der Waals surface area contributed by atoms with Gasteiger partial charge in [-0.05, 0) is 47.8 Å². The van der Waals surface area contributed by atoms with Gasteiger partial charge in [-0.2, -0.15) is 4.98 Å². The molecule has 4 rings (SSSR count). The van der Waals surface area contributed by atoms with Crippen LogP contribution in [0.3, 0.4) is 0 Å². The molecule has 0 N–H and O–H groups in total. The first-order chi connectivity index (χ1) is 14.7. The van der Waals surface area contributed by atoms with E-state index in [0.29, 0.717) is 31.2 Å². The van der Waals surface area contributed by atoms with Crippen LogP contribution in [-0.2, 0) is 24.3 Å². The molecule has 1 aromatic carbocycles. The van der Waals surface area contributed by atoms with Crippen molar-refractivity contribution in [2.75, 3.05) is 7.11 Å². The third-order valence-electron chi connectivity index (χ3n) is 4.58. The number of carbonyl (C=O) groups excluding carboxylic acids is 1. The fourth-order valence-electron chi connectivity index (χ4n) is 3.00. The van der Waals surface area contributed by atoms with Gasteiger partial charge in [0.15, 0.2) is 0 Å². The first-order valence-corrected chi connectivity index (χ1v) is 10.4. The second-order valence-corrected chi connectivity index (χ2v) is 7.68. The minimum atomic E-state index is 0.00370. The van der Waals surface area contributed by atoms with Crippen molar-refractivity contribution in [2.45, 2.75) is 25.9 Å². The highest BCUT2D eigenvalue weighted by Crippen LogP contribution is 2.21. The number of ether oxygens (including phenoxy) is 1. The zero-order chi connectivity index (χ0) is 20.8. The van der Waals surface area contributed by atoms with Crippen LogP contribution in [0.2, 0.25) is 0 Å². The largest absolute Gasteiger partial charge is 0.497 e. The summed E-state index contributed by atoms with van der Waals surface area (Å²) in [6.07, 6.45) is 2.26. The van der Waals surface area contributed by atoms with Gasteiger partial charge in [-0.1, -0.05) is 11.2 Å². The Hall–Kier alpha value is -3.39. The average Bonchev–Trinajstić information content (AvgIpc) is 3.54. The number of carbonyl (C=O) groups is 1. The van der Waals surface area contributed by atoms with E-state index in [0.717, 1.165) is 22.0 Å². The number of rotatable bonds is 9. The molecule has 0 spiro atoms. The summed E-state index contributed by atoms with van der Waals surface area (Å²) in [6.45, 7) is 0.961. The van der Waals surface area contributed by atoms with Crippen LogP contribution in [0.25, 0.3) is 11.4 Å². The van der Waals surface area contributed by atoms with Crippen molar-refractivity contribution in [1.82, 2.24) is 15.0 Å². The molecule has 0 saturated carbocycles. The van der Waals surface area contributed by atoms with Gasteiger partial charge in [0.05, 0.1) is 26.5 Å². The van der Waals surface area contributed by atoms with Gasteiger partial charge in [-0.15, -0.1) is 11.3 Å². The molecule has 154 valence electrons. The molecule has 0 radical (unpaired) electrons. The number of hydrogen-bond acceptors (Lipinski definition) is 7. The summed E-state index contributed by atoms with van der Waals surface area (Å²) in [7, 11) is 1.62. The van der Waals surface area contributed by atoms with Crippen molar-refractivity contribution in [3.63, 3.8) is 0 Å². The predicted molar refractivity (Wildman–Crippen MR) is 112 cm³/mol. The lowest BCUT2D eigenvalue weighted by atomic mass is 10.2. The van der Waals surface area contributed by atoms with E-state index < -0.39 is 0 Å². The Morgan fingerprint density at radius 1 is 1.13 bits per heavy atom. The Balaban J connectivity index is 1.39. The van der Waals surface area contributed by atoms with E-state index in [4.69, 9.17) is 13.7 Å². The van der Waals surface area contributed by atoms with Gasteiger partial charge >= 0.3 is 0 Å². The fourth-order valence-corrected chi connectivity index (χ4v) is 3.72. The fraction of sp³-hybridized carbons (Fsp3) is 0.227. The van der Waals surface area contributed by atoms with Crippen LogP contribution in [-0.4, -0.2) is 28.1 Å². The molecule has 4 aromatic rings. The van der Waals surface area contributed by atoms with Crippen LogP contribution in [0.1, 0.15) is 22.9 Å². The Bertz CT molecular complexity index is 1020. The number of methoxy groups -OCH3 is 1. The van der Waals surface area contributed by atoms with Crippen molar-refractivity contribution in [2.24, 2.45) is 0 Å². The van der Waals surface area contributed by atoms with Gasteiger partial charge < -0.3 is 18.6 Å². The number of aryl methyl sites for hydroxylation is 1. The predicted octanol–water partition coefficient (Wildman–Crippen LogP) is 4.56. The summed E-state index contributed by atoms with van der Waals surface area (Å²) in [5.41, 5.74) is 0.828. The molecule has 7 nitrogen and oxygen atoms in total. The maximum atomic E-state index is 12.9. The van der Waals surface area contributed by atoms with Crippen LogP contribution < -0.4 is 4.74 Å². The van der Waals surface area contributed by atoms with E-state index in [-0.39, 0.29) is 12.3 Å². The lowest BCUT2D eigenvalue weighted by molar-refractivity contribution is -0.132. The molecular formula is C22H21N3O4S. The highest BCUT2D eigenvalue weighted by Gasteiger charge is 2.18. The molecule has 3 heterocycles. The third kappa shape index (κ3) is 4.96. The molecule has 0 unspecified atom stereocenters. The van der Waals surface area contributed by atoms with Gasteiger partial charge in [0.1, 0.15) is 11.5 Å². The van der Waals surface area contributed by atoms with E-state index in [1.807, 2.05) is 53.9 Å². The Kier molecular flexibility index (Phi) is 6.24. The van der Waals surface area contributed by atoms with E-state index >= 15 is 0 Å². The van der Waals surface area contributed by atoms with Crippen LogP contribution in [0.4, 0.5) is 0 Å². The first kappa shape index (κ1) is 19.9. The third-order valence-corrected chi connectivity index (χ3v) is 5.44. The van der Waals surface area contributed by atoms with Gasteiger partial charge in [0.2, 0.25) is 17.6 Å². The molecule has 0 atom stereocenters. The number of hydrogen-bond donors (Lipinski definition) is 0. The van der Waals surface area contributed by atoms with Crippen molar-refractivity contribution < 1.29 is 18.5 Å². The summed E-state index contributed by atoms with van der Waals surface area (Å²) >= 11 is 1.62. The van der Waals surface area contributed by atoms with Gasteiger partial charge in [0.25, 0.3) is 0 Å². The first-order valence-electron chi connectivity index (χ1n) is 9.51. The second-order valence-electron chi connectivity index (χ2n) is 6.65. The number of amides is 1. The molecule has 3 aromatic heterocycles. The van der Waals surface area contributed by atoms with Crippen LogP contribution in [0.5, 0.6) is 5.75 Å². The molecule has 0 aliphatic rings. The molecule has 0 aliphatic heterocycles. The number of thiophene rings is 1. The minimum absolute atomic E-state index is 0.00370. The minimum Gasteiger partial charge on any atom is -0.497 e. The summed E-state index contributed by atoms with van der Waals surface area (Å²) in [5.74, 6) is 2.44. The second kappa shape index (κ2) is 9.41. The normalized spacial score (nSPS) is 10.8. The maximum Gasteiger partial charge on any atom is 0.227 e. The van der Waals surface area contributed by atoms with Crippen molar-refractivity contribution in [3.05, 3.63) is 76.7 Å². The number of nitrogens with zero attached hydrogens (tertiary/aromatic N) is 3. The molecule has 1 amide bonds. The lowest BCUT2D eigenvalue weighted by Gasteiger charge is -2.20. The lowest BCUT2D eigenvalue weighted by Crippen LogP contribution is -2.29. The van der Waals surface area contributed by atoms with Gasteiger partial charge in [0, 0.05) is 23.3 Å². The van der Waals surface area contributed by atoms with E-state index in [2.05, 4.69) is 10.1 Å². The molecule has 0 fully saturated rings. The Labute approximate surface area is 177 Å². The Morgan fingerprint density at radius 2 is 2.00 bits per heavy atom. The smallest absolute Gasteiger partial charge is 0.227 e. The average molecular weight is 423 g/mol. The van der Waals surface area contributed by atoms with Crippen LogP contribution >= 0.6 is 11.3 Å². The zero-order valence-electron chi connectivity index (χ0n) is 16.5. The number of aromatic nitrogens is 2. The summed E-state index contributed by atoms with van der Waals surface area (Å²) in [4.78, 5) is 20.2. The molecule has 0 bridgehead atoms. The van der Waals surface area contributed by atoms with E-state index in [1.165, 1.54) is 0 Å². The Morgan fingerprint density at radius 3 is 2.70 bits per heavy atom. The van der Waals surface area contributed by atoms with Crippen molar-refractivity contribution in [1.29, 1.82) is 0 Å². The van der Waals surface area contributed by atoms with E-state index in [1.54, 1.807) is 29.6 Å². The van der Waals surface area contributed by atoms with Crippen molar-refractivity contribution in [3.8, 4) is 17.1 Å². The standard InChI is InChI=1S/C22H21N3O4S/c1-27-17-8-6-16(7-9-17)22-23-20(29-24-22)10-11-21(26)25(14-18-4-2-12-28-18)15-19-5-3-13-30-19/h2-9,12-13H,10-11,14-15H2,1H3.